The normalized spacial score (nSPS) is 17.4. The lowest BCUT2D eigenvalue weighted by Crippen LogP contribution is -2.26. The molecule has 2 aromatic carbocycles. The Morgan fingerprint density at radius 3 is 2.31 bits per heavy atom. The zero-order chi connectivity index (χ0) is 24.9. The molecule has 36 heavy (non-hydrogen) atoms. The van der Waals surface area contributed by atoms with E-state index in [9.17, 15) is 14.7 Å². The maximum atomic E-state index is 13.1. The Balaban J connectivity index is 1.20. The van der Waals surface area contributed by atoms with Gasteiger partial charge in [0.1, 0.15) is 0 Å². The van der Waals surface area contributed by atoms with Crippen LogP contribution in [-0.2, 0) is 21.4 Å². The molecule has 180 valence electrons. The minimum Gasteiger partial charge on any atom is -0.481 e. The van der Waals surface area contributed by atoms with Crippen molar-refractivity contribution in [1.29, 1.82) is 0 Å². The Morgan fingerprint density at radius 1 is 1.00 bits per heavy atom. The largest absolute Gasteiger partial charge is 0.481 e. The number of amides is 1. The van der Waals surface area contributed by atoms with Gasteiger partial charge in [-0.3, -0.25) is 9.59 Å². The van der Waals surface area contributed by atoms with E-state index in [1.807, 2.05) is 67.7 Å². The summed E-state index contributed by atoms with van der Waals surface area (Å²) in [7, 11) is 0. The van der Waals surface area contributed by atoms with Crippen molar-refractivity contribution in [1.82, 2.24) is 10.1 Å². The number of hydrogen-bond donors (Lipinski definition) is 1. The van der Waals surface area contributed by atoms with Crippen molar-refractivity contribution in [3.63, 3.8) is 0 Å². The van der Waals surface area contributed by atoms with Crippen molar-refractivity contribution in [2.75, 3.05) is 6.54 Å². The number of nitrogens with zero attached hydrogens (tertiary/aromatic N) is 2. The van der Waals surface area contributed by atoms with E-state index in [1.165, 1.54) is 11.1 Å². The number of carboxylic acids is 1. The summed E-state index contributed by atoms with van der Waals surface area (Å²) in [5.74, 6) is -0.105. The smallest absolute Gasteiger partial charge is 0.314 e. The molecule has 1 aromatic heterocycles. The first-order valence-corrected chi connectivity index (χ1v) is 12.2. The van der Waals surface area contributed by atoms with E-state index in [1.54, 1.807) is 4.90 Å². The number of hydrogen-bond acceptors (Lipinski definition) is 4. The van der Waals surface area contributed by atoms with Crippen molar-refractivity contribution in [3.05, 3.63) is 101 Å². The average molecular weight is 479 g/mol. The molecule has 1 N–H and O–H groups in total. The van der Waals surface area contributed by atoms with Crippen LogP contribution in [0.2, 0.25) is 0 Å². The van der Waals surface area contributed by atoms with Crippen LogP contribution in [0, 0.1) is 6.92 Å². The van der Waals surface area contributed by atoms with Gasteiger partial charge < -0.3 is 14.5 Å². The molecule has 2 aliphatic carbocycles. The molecule has 6 heteroatoms. The highest BCUT2D eigenvalue weighted by molar-refractivity contribution is 5.85. The number of fused-ring (bicyclic) bond motifs is 1. The van der Waals surface area contributed by atoms with E-state index < -0.39 is 11.4 Å². The number of aliphatic carboxylic acids is 1. The van der Waals surface area contributed by atoms with Crippen LogP contribution in [0.15, 0.2) is 88.6 Å². The van der Waals surface area contributed by atoms with E-state index >= 15 is 0 Å². The molecule has 3 aromatic rings. The molecule has 1 aliphatic heterocycles. The quantitative estimate of drug-likeness (QED) is 0.499. The van der Waals surface area contributed by atoms with Gasteiger partial charge in [0.15, 0.2) is 5.76 Å². The van der Waals surface area contributed by atoms with Crippen LogP contribution in [0.1, 0.15) is 36.1 Å². The second-order valence-corrected chi connectivity index (χ2v) is 9.79. The summed E-state index contributed by atoms with van der Waals surface area (Å²) >= 11 is 0. The minimum absolute atomic E-state index is 0.0249. The Bertz CT molecular complexity index is 1450. The van der Waals surface area contributed by atoms with Crippen LogP contribution in [0.5, 0.6) is 0 Å². The summed E-state index contributed by atoms with van der Waals surface area (Å²) in [6.45, 7) is 2.48. The van der Waals surface area contributed by atoms with Crippen molar-refractivity contribution < 1.29 is 19.2 Å². The highest BCUT2D eigenvalue weighted by Gasteiger charge is 2.51. The second-order valence-electron chi connectivity index (χ2n) is 9.79. The molecule has 1 fully saturated rings. The van der Waals surface area contributed by atoms with Gasteiger partial charge in [-0.2, -0.15) is 0 Å². The number of aryl methyl sites for hydroxylation is 1. The van der Waals surface area contributed by atoms with Crippen molar-refractivity contribution >= 4 is 11.9 Å². The summed E-state index contributed by atoms with van der Waals surface area (Å²) in [6, 6.07) is 15.7. The zero-order valence-corrected chi connectivity index (χ0v) is 20.0. The third-order valence-corrected chi connectivity index (χ3v) is 7.55. The first-order chi connectivity index (χ1) is 17.4. The van der Waals surface area contributed by atoms with E-state index in [4.69, 9.17) is 4.52 Å². The highest BCUT2D eigenvalue weighted by Crippen LogP contribution is 2.48. The first kappa shape index (κ1) is 22.3. The number of benzene rings is 2. The summed E-state index contributed by atoms with van der Waals surface area (Å²) < 4.78 is 5.65. The maximum absolute atomic E-state index is 13.1. The second kappa shape index (κ2) is 8.48. The number of carbonyl (C=O) groups excluding carboxylic acids is 1. The van der Waals surface area contributed by atoms with E-state index in [2.05, 4.69) is 17.3 Å². The third kappa shape index (κ3) is 3.79. The van der Waals surface area contributed by atoms with Gasteiger partial charge in [0.2, 0.25) is 5.91 Å². The molecule has 0 radical (unpaired) electrons. The van der Waals surface area contributed by atoms with E-state index in [0.29, 0.717) is 25.1 Å². The number of carboxylic acid groups (broad SMARTS) is 1. The van der Waals surface area contributed by atoms with Gasteiger partial charge in [-0.05, 0) is 54.0 Å². The lowest BCUT2D eigenvalue weighted by Gasteiger charge is -2.14. The lowest BCUT2D eigenvalue weighted by atomic mass is 9.93. The van der Waals surface area contributed by atoms with Gasteiger partial charge in [0.25, 0.3) is 0 Å². The average Bonchev–Trinajstić information content (AvgIpc) is 3.48. The molecule has 1 saturated carbocycles. The number of rotatable bonds is 6. The fourth-order valence-electron chi connectivity index (χ4n) is 5.11. The molecular weight excluding hydrogens is 452 g/mol. The molecule has 0 bridgehead atoms. The van der Waals surface area contributed by atoms with Crippen LogP contribution in [0.3, 0.4) is 0 Å². The molecule has 0 spiro atoms. The first-order valence-electron chi connectivity index (χ1n) is 12.2. The van der Waals surface area contributed by atoms with Crippen LogP contribution < -0.4 is 0 Å². The highest BCUT2D eigenvalue weighted by atomic mass is 16.5. The molecule has 1 amide bonds. The minimum atomic E-state index is -0.745. The van der Waals surface area contributed by atoms with Crippen molar-refractivity contribution in [2.24, 2.45) is 0 Å². The van der Waals surface area contributed by atoms with Gasteiger partial charge in [0, 0.05) is 17.3 Å². The summed E-state index contributed by atoms with van der Waals surface area (Å²) in [5, 5.41) is 13.7. The van der Waals surface area contributed by atoms with E-state index in [0.717, 1.165) is 39.9 Å². The van der Waals surface area contributed by atoms with Gasteiger partial charge in [-0.25, -0.2) is 0 Å². The Labute approximate surface area is 209 Å². The number of aromatic nitrogens is 1. The third-order valence-electron chi connectivity index (χ3n) is 7.55. The van der Waals surface area contributed by atoms with Gasteiger partial charge in [-0.1, -0.05) is 71.9 Å². The molecule has 2 heterocycles. The maximum Gasteiger partial charge on any atom is 0.314 e. The molecule has 0 unspecified atom stereocenters. The molecule has 6 rings (SSSR count). The van der Waals surface area contributed by atoms with Crippen LogP contribution >= 0.6 is 0 Å². The van der Waals surface area contributed by atoms with Gasteiger partial charge in [-0.15, -0.1) is 0 Å². The topological polar surface area (TPSA) is 83.6 Å². The number of allylic oxidation sites excluding steroid dienone is 3. The van der Waals surface area contributed by atoms with Crippen molar-refractivity contribution in [3.8, 4) is 22.5 Å². The summed E-state index contributed by atoms with van der Waals surface area (Å²) in [6.07, 6.45) is 10.7. The Morgan fingerprint density at radius 2 is 1.67 bits per heavy atom. The zero-order valence-electron chi connectivity index (χ0n) is 20.0. The van der Waals surface area contributed by atoms with Crippen molar-refractivity contribution in [2.45, 2.75) is 38.0 Å². The molecular formula is C30H26N2O4. The standard InChI is InChI=1S/C30H26N2O4/c1-19-26(16-27(33)32-17-23-4-2-3-5-24(23)18-32)28(36-31-19)22-8-6-20(7-9-22)21-10-12-25(13-11-21)30(14-15-30)29(34)35/h2-4,6-13,18H,5,14-17H2,1H3,(H,34,35). The van der Waals surface area contributed by atoms with Crippen LogP contribution in [0.25, 0.3) is 22.5 Å². The fourth-order valence-corrected chi connectivity index (χ4v) is 5.11. The Kier molecular flexibility index (Phi) is 5.25. The predicted molar refractivity (Wildman–Crippen MR) is 136 cm³/mol. The molecule has 0 atom stereocenters. The predicted octanol–water partition coefficient (Wildman–Crippen LogP) is 5.59. The fraction of sp³-hybridized carbons (Fsp3) is 0.233. The lowest BCUT2D eigenvalue weighted by molar-refractivity contribution is -0.140. The SMILES string of the molecule is Cc1noc(-c2ccc(-c3ccc(C4(C(=O)O)CC4)cc3)cc2)c1CC(=O)N1C=C2CC=CC=C2C1. The molecule has 0 saturated heterocycles. The monoisotopic (exact) mass is 478 g/mol. The van der Waals surface area contributed by atoms with E-state index in [-0.39, 0.29) is 12.3 Å². The van der Waals surface area contributed by atoms with Crippen LogP contribution in [0.4, 0.5) is 0 Å². The molecule has 6 nitrogen and oxygen atoms in total. The summed E-state index contributed by atoms with van der Waals surface area (Å²) in [4.78, 5) is 26.5. The van der Waals surface area contributed by atoms with Gasteiger partial charge >= 0.3 is 5.97 Å². The molecule has 3 aliphatic rings. The Hall–Kier alpha value is -4.19. The number of carbonyl (C=O) groups is 2. The van der Waals surface area contributed by atoms with Gasteiger partial charge in [0.05, 0.1) is 24.1 Å². The van der Waals surface area contributed by atoms with Crippen LogP contribution in [-0.4, -0.2) is 33.6 Å². The summed E-state index contributed by atoms with van der Waals surface area (Å²) in [5.41, 5.74) is 6.99.